The van der Waals surface area contributed by atoms with Crippen molar-refractivity contribution in [1.82, 2.24) is 10.6 Å². The molecule has 0 heterocycles. The highest BCUT2D eigenvalue weighted by molar-refractivity contribution is 6.30. The molecule has 1 aliphatic rings. The molecule has 0 bridgehead atoms. The highest BCUT2D eigenvalue weighted by Gasteiger charge is 2.39. The van der Waals surface area contributed by atoms with Crippen molar-refractivity contribution in [3.05, 3.63) is 34.9 Å². The van der Waals surface area contributed by atoms with Crippen LogP contribution in [0.25, 0.3) is 0 Å². The minimum Gasteiger partial charge on any atom is -0.481 e. The molecule has 102 valence electrons. The van der Waals surface area contributed by atoms with Gasteiger partial charge in [-0.05, 0) is 24.1 Å². The fourth-order valence-electron chi connectivity index (χ4n) is 1.94. The average Bonchev–Trinajstić information content (AvgIpc) is 3.08. The predicted octanol–water partition coefficient (Wildman–Crippen LogP) is 1.97. The van der Waals surface area contributed by atoms with Crippen molar-refractivity contribution in [2.24, 2.45) is 0 Å². The van der Waals surface area contributed by atoms with Gasteiger partial charge in [-0.15, -0.1) is 0 Å². The molecule has 5 nitrogen and oxygen atoms in total. The van der Waals surface area contributed by atoms with Gasteiger partial charge in [0.2, 0.25) is 0 Å². The first-order valence-electron chi connectivity index (χ1n) is 6.08. The third kappa shape index (κ3) is 4.13. The number of carboxylic acids is 1. The maximum absolute atomic E-state index is 11.5. The summed E-state index contributed by atoms with van der Waals surface area (Å²) in [5.74, 6) is -0.603. The van der Waals surface area contributed by atoms with Crippen LogP contribution in [0.2, 0.25) is 5.02 Å². The lowest BCUT2D eigenvalue weighted by Gasteiger charge is -2.06. The summed E-state index contributed by atoms with van der Waals surface area (Å²) < 4.78 is 0. The zero-order chi connectivity index (χ0) is 13.8. The van der Waals surface area contributed by atoms with Crippen molar-refractivity contribution in [1.29, 1.82) is 0 Å². The second-order valence-electron chi connectivity index (χ2n) is 4.54. The zero-order valence-electron chi connectivity index (χ0n) is 10.2. The second kappa shape index (κ2) is 5.93. The van der Waals surface area contributed by atoms with Gasteiger partial charge in [0, 0.05) is 23.5 Å². The molecule has 0 unspecified atom stereocenters. The van der Waals surface area contributed by atoms with E-state index in [1.54, 1.807) is 0 Å². The van der Waals surface area contributed by atoms with Crippen molar-refractivity contribution >= 4 is 23.6 Å². The Labute approximate surface area is 116 Å². The van der Waals surface area contributed by atoms with Crippen molar-refractivity contribution in [3.8, 4) is 0 Å². The monoisotopic (exact) mass is 282 g/mol. The minimum atomic E-state index is -0.925. The molecule has 2 amide bonds. The van der Waals surface area contributed by atoms with Crippen molar-refractivity contribution in [2.75, 3.05) is 6.54 Å². The van der Waals surface area contributed by atoms with Gasteiger partial charge in [-0.1, -0.05) is 23.7 Å². The standard InChI is InChI=1S/C13H15ClN2O3/c14-9-3-1-8(2-4-9)10-7-11(10)16-13(19)15-6-5-12(17)18/h1-4,10-11H,5-7H2,(H,17,18)(H2,15,16,19)/t10-,11+/m0/s1. The third-order valence-electron chi connectivity index (χ3n) is 3.03. The van der Waals surface area contributed by atoms with Crippen LogP contribution in [0.4, 0.5) is 4.79 Å². The van der Waals surface area contributed by atoms with E-state index in [-0.39, 0.29) is 25.0 Å². The summed E-state index contributed by atoms with van der Waals surface area (Å²) >= 11 is 5.81. The molecule has 1 aromatic carbocycles. The summed E-state index contributed by atoms with van der Waals surface area (Å²) in [5, 5.41) is 14.5. The van der Waals surface area contributed by atoms with E-state index in [9.17, 15) is 9.59 Å². The number of carbonyl (C=O) groups is 2. The van der Waals surface area contributed by atoms with E-state index in [1.807, 2.05) is 24.3 Å². The quantitative estimate of drug-likeness (QED) is 0.772. The zero-order valence-corrected chi connectivity index (χ0v) is 11.0. The number of halogens is 1. The first kappa shape index (κ1) is 13.7. The average molecular weight is 283 g/mol. The number of aliphatic carboxylic acids is 1. The van der Waals surface area contributed by atoms with Crippen LogP contribution in [0.15, 0.2) is 24.3 Å². The van der Waals surface area contributed by atoms with E-state index in [0.29, 0.717) is 10.9 Å². The Hall–Kier alpha value is -1.75. The lowest BCUT2D eigenvalue weighted by atomic mass is 10.1. The Kier molecular flexibility index (Phi) is 4.27. The van der Waals surface area contributed by atoms with E-state index in [4.69, 9.17) is 16.7 Å². The van der Waals surface area contributed by atoms with Crippen LogP contribution in [-0.2, 0) is 4.79 Å². The Balaban J connectivity index is 1.73. The van der Waals surface area contributed by atoms with Crippen molar-refractivity contribution < 1.29 is 14.7 Å². The number of carbonyl (C=O) groups excluding carboxylic acids is 1. The normalized spacial score (nSPS) is 20.7. The van der Waals surface area contributed by atoms with Gasteiger partial charge in [-0.25, -0.2) is 4.79 Å². The fraction of sp³-hybridized carbons (Fsp3) is 0.385. The van der Waals surface area contributed by atoms with Crippen LogP contribution in [-0.4, -0.2) is 29.7 Å². The molecule has 6 heteroatoms. The van der Waals surface area contributed by atoms with Crippen LogP contribution >= 0.6 is 11.6 Å². The van der Waals surface area contributed by atoms with E-state index >= 15 is 0 Å². The molecule has 0 radical (unpaired) electrons. The summed E-state index contributed by atoms with van der Waals surface area (Å²) in [6, 6.07) is 7.38. The molecule has 0 aromatic heterocycles. The Bertz CT molecular complexity index is 475. The molecule has 1 saturated carbocycles. The Morgan fingerprint density at radius 1 is 1.32 bits per heavy atom. The number of nitrogens with one attached hydrogen (secondary N) is 2. The molecule has 1 fully saturated rings. The van der Waals surface area contributed by atoms with Gasteiger partial charge in [0.05, 0.1) is 6.42 Å². The van der Waals surface area contributed by atoms with E-state index < -0.39 is 5.97 Å². The SMILES string of the molecule is O=C(O)CCNC(=O)N[C@@H]1C[C@H]1c1ccc(Cl)cc1. The van der Waals surface area contributed by atoms with Crippen LogP contribution in [0.3, 0.4) is 0 Å². The van der Waals surface area contributed by atoms with Crippen molar-refractivity contribution in [2.45, 2.75) is 24.8 Å². The molecule has 1 aliphatic carbocycles. The number of benzene rings is 1. The lowest BCUT2D eigenvalue weighted by Crippen LogP contribution is -2.38. The fourth-order valence-corrected chi connectivity index (χ4v) is 2.06. The third-order valence-corrected chi connectivity index (χ3v) is 3.28. The minimum absolute atomic E-state index is 0.0707. The maximum Gasteiger partial charge on any atom is 0.315 e. The van der Waals surface area contributed by atoms with E-state index in [1.165, 1.54) is 0 Å². The molecule has 2 rings (SSSR count). The summed E-state index contributed by atoms with van der Waals surface area (Å²) in [6.45, 7) is 0.138. The van der Waals surface area contributed by atoms with Gasteiger partial charge in [-0.3, -0.25) is 4.79 Å². The van der Waals surface area contributed by atoms with Gasteiger partial charge < -0.3 is 15.7 Å². The molecule has 1 aromatic rings. The first-order chi connectivity index (χ1) is 9.06. The lowest BCUT2D eigenvalue weighted by molar-refractivity contribution is -0.136. The maximum atomic E-state index is 11.5. The topological polar surface area (TPSA) is 78.4 Å². The Morgan fingerprint density at radius 3 is 2.63 bits per heavy atom. The van der Waals surface area contributed by atoms with Gasteiger partial charge in [0.1, 0.15) is 0 Å². The molecule has 0 spiro atoms. The highest BCUT2D eigenvalue weighted by Crippen LogP contribution is 2.40. The van der Waals surface area contributed by atoms with Crippen LogP contribution in [0.5, 0.6) is 0 Å². The Morgan fingerprint density at radius 2 is 2.00 bits per heavy atom. The van der Waals surface area contributed by atoms with Gasteiger partial charge in [0.25, 0.3) is 0 Å². The molecule has 3 N–H and O–H groups in total. The second-order valence-corrected chi connectivity index (χ2v) is 4.98. The molecular formula is C13H15ClN2O3. The largest absolute Gasteiger partial charge is 0.481 e. The highest BCUT2D eigenvalue weighted by atomic mass is 35.5. The number of hydrogen-bond acceptors (Lipinski definition) is 2. The smallest absolute Gasteiger partial charge is 0.315 e. The summed E-state index contributed by atoms with van der Waals surface area (Å²) in [7, 11) is 0. The number of carboxylic acid groups (broad SMARTS) is 1. The molecule has 2 atom stereocenters. The predicted molar refractivity (Wildman–Crippen MR) is 71.4 cm³/mol. The van der Waals surface area contributed by atoms with Gasteiger partial charge in [0.15, 0.2) is 0 Å². The number of hydrogen-bond donors (Lipinski definition) is 3. The van der Waals surface area contributed by atoms with Gasteiger partial charge >= 0.3 is 12.0 Å². The molecule has 0 saturated heterocycles. The van der Waals surface area contributed by atoms with Crippen LogP contribution in [0, 0.1) is 0 Å². The molecule has 19 heavy (non-hydrogen) atoms. The summed E-state index contributed by atoms with van der Waals surface area (Å²) in [6.07, 6.45) is 0.826. The summed E-state index contributed by atoms with van der Waals surface area (Å²) in [5.41, 5.74) is 1.15. The van der Waals surface area contributed by atoms with E-state index in [0.717, 1.165) is 12.0 Å². The van der Waals surface area contributed by atoms with E-state index in [2.05, 4.69) is 10.6 Å². The van der Waals surface area contributed by atoms with Crippen LogP contribution in [0.1, 0.15) is 24.3 Å². The molecular weight excluding hydrogens is 268 g/mol. The van der Waals surface area contributed by atoms with Gasteiger partial charge in [-0.2, -0.15) is 0 Å². The number of amides is 2. The first-order valence-corrected chi connectivity index (χ1v) is 6.45. The van der Waals surface area contributed by atoms with Crippen LogP contribution < -0.4 is 10.6 Å². The number of rotatable bonds is 5. The number of urea groups is 1. The van der Waals surface area contributed by atoms with Crippen molar-refractivity contribution in [3.63, 3.8) is 0 Å². The molecule has 0 aliphatic heterocycles. The summed E-state index contributed by atoms with van der Waals surface area (Å²) in [4.78, 5) is 21.8.